The Morgan fingerprint density at radius 1 is 1.29 bits per heavy atom. The van der Waals surface area contributed by atoms with E-state index in [9.17, 15) is 9.59 Å². The zero-order chi connectivity index (χ0) is 15.0. The standard InChI is InChI=1S/C16H13NO4/c1-9-7-12-14(16(20)17-9)11(8-13(18)19)15(21-12)10-5-3-2-4-6-10/h2-7H,8H2,1H3,(H,17,20)(H,18,19). The molecule has 0 saturated carbocycles. The number of carboxylic acids is 1. The molecule has 21 heavy (non-hydrogen) atoms. The summed E-state index contributed by atoms with van der Waals surface area (Å²) in [6.45, 7) is 1.75. The van der Waals surface area contributed by atoms with Gasteiger partial charge in [0.2, 0.25) is 0 Å². The number of nitrogens with one attached hydrogen (secondary N) is 1. The highest BCUT2D eigenvalue weighted by molar-refractivity contribution is 5.91. The van der Waals surface area contributed by atoms with Gasteiger partial charge in [-0.05, 0) is 6.92 Å². The number of H-pyrrole nitrogens is 1. The molecule has 1 aromatic carbocycles. The van der Waals surface area contributed by atoms with Gasteiger partial charge in [0.15, 0.2) is 0 Å². The molecule has 0 spiro atoms. The lowest BCUT2D eigenvalue weighted by Crippen LogP contribution is -2.10. The lowest BCUT2D eigenvalue weighted by Gasteiger charge is -2.00. The summed E-state index contributed by atoms with van der Waals surface area (Å²) in [5, 5.41) is 9.41. The van der Waals surface area contributed by atoms with Crippen molar-refractivity contribution in [2.75, 3.05) is 0 Å². The van der Waals surface area contributed by atoms with E-state index in [0.29, 0.717) is 28.0 Å². The number of aromatic nitrogens is 1. The summed E-state index contributed by atoms with van der Waals surface area (Å²) in [6, 6.07) is 10.9. The van der Waals surface area contributed by atoms with E-state index < -0.39 is 5.97 Å². The summed E-state index contributed by atoms with van der Waals surface area (Å²) in [5.41, 5.74) is 1.91. The van der Waals surface area contributed by atoms with Gasteiger partial charge in [-0.1, -0.05) is 30.3 Å². The summed E-state index contributed by atoms with van der Waals surface area (Å²) < 4.78 is 5.76. The molecule has 0 atom stereocenters. The van der Waals surface area contributed by atoms with Crippen LogP contribution in [0.3, 0.4) is 0 Å². The van der Waals surface area contributed by atoms with E-state index in [2.05, 4.69) is 4.98 Å². The van der Waals surface area contributed by atoms with Crippen molar-refractivity contribution in [3.8, 4) is 11.3 Å². The predicted octanol–water partition coefficient (Wildman–Crippen LogP) is 2.72. The Morgan fingerprint density at radius 3 is 2.67 bits per heavy atom. The number of carbonyl (C=O) groups is 1. The van der Waals surface area contributed by atoms with Crippen molar-refractivity contribution in [3.05, 3.63) is 58.0 Å². The number of pyridine rings is 1. The summed E-state index contributed by atoms with van der Waals surface area (Å²) in [5.74, 6) is -0.570. The smallest absolute Gasteiger partial charge is 0.307 e. The van der Waals surface area contributed by atoms with Crippen LogP contribution in [0.4, 0.5) is 0 Å². The molecule has 0 bridgehead atoms. The van der Waals surface area contributed by atoms with Gasteiger partial charge in [0.05, 0.1) is 11.8 Å². The van der Waals surface area contributed by atoms with Crippen LogP contribution in [0.1, 0.15) is 11.3 Å². The number of hydrogen-bond acceptors (Lipinski definition) is 3. The fraction of sp³-hybridized carbons (Fsp3) is 0.125. The van der Waals surface area contributed by atoms with Gasteiger partial charge in [-0.25, -0.2) is 0 Å². The molecule has 5 nitrogen and oxygen atoms in total. The quantitative estimate of drug-likeness (QED) is 0.774. The molecule has 3 rings (SSSR count). The maximum absolute atomic E-state index is 12.1. The monoisotopic (exact) mass is 283 g/mol. The van der Waals surface area contributed by atoms with Gasteiger partial charge in [0.1, 0.15) is 11.3 Å². The molecular formula is C16H13NO4. The number of furan rings is 1. The van der Waals surface area contributed by atoms with E-state index in [1.54, 1.807) is 13.0 Å². The molecule has 0 radical (unpaired) electrons. The van der Waals surface area contributed by atoms with E-state index in [1.807, 2.05) is 30.3 Å². The Morgan fingerprint density at radius 2 is 2.00 bits per heavy atom. The Hall–Kier alpha value is -2.82. The zero-order valence-electron chi connectivity index (χ0n) is 11.3. The first-order chi connectivity index (χ1) is 10.1. The Bertz CT molecular complexity index is 874. The first-order valence-electron chi connectivity index (χ1n) is 6.49. The maximum Gasteiger partial charge on any atom is 0.307 e. The largest absolute Gasteiger partial charge is 0.481 e. The summed E-state index contributed by atoms with van der Waals surface area (Å²) in [7, 11) is 0. The Labute approximate surface area is 119 Å². The number of benzene rings is 1. The minimum Gasteiger partial charge on any atom is -0.481 e. The summed E-state index contributed by atoms with van der Waals surface area (Å²) >= 11 is 0. The van der Waals surface area contributed by atoms with Gasteiger partial charge >= 0.3 is 5.97 Å². The van der Waals surface area contributed by atoms with Crippen LogP contribution in [0.25, 0.3) is 22.3 Å². The van der Waals surface area contributed by atoms with Crippen LogP contribution >= 0.6 is 0 Å². The maximum atomic E-state index is 12.1. The molecular weight excluding hydrogens is 270 g/mol. The molecule has 2 N–H and O–H groups in total. The fourth-order valence-electron chi connectivity index (χ4n) is 2.45. The molecule has 0 aliphatic rings. The van der Waals surface area contributed by atoms with Crippen LogP contribution in [-0.2, 0) is 11.2 Å². The van der Waals surface area contributed by atoms with Crippen molar-refractivity contribution in [2.24, 2.45) is 0 Å². The fourth-order valence-corrected chi connectivity index (χ4v) is 2.45. The number of aliphatic carboxylic acids is 1. The lowest BCUT2D eigenvalue weighted by molar-refractivity contribution is -0.136. The average molecular weight is 283 g/mol. The van der Waals surface area contributed by atoms with Crippen molar-refractivity contribution in [3.63, 3.8) is 0 Å². The van der Waals surface area contributed by atoms with Crippen LogP contribution in [0.5, 0.6) is 0 Å². The first kappa shape index (κ1) is 13.2. The van der Waals surface area contributed by atoms with Crippen LogP contribution in [0.2, 0.25) is 0 Å². The number of carboxylic acid groups (broad SMARTS) is 1. The van der Waals surface area contributed by atoms with Crippen molar-refractivity contribution in [1.29, 1.82) is 0 Å². The second kappa shape index (κ2) is 4.94. The molecule has 0 unspecified atom stereocenters. The van der Waals surface area contributed by atoms with E-state index in [1.165, 1.54) is 0 Å². The molecule has 0 fully saturated rings. The molecule has 5 heteroatoms. The second-order valence-corrected chi connectivity index (χ2v) is 4.87. The van der Waals surface area contributed by atoms with Crippen molar-refractivity contribution < 1.29 is 14.3 Å². The topological polar surface area (TPSA) is 83.3 Å². The van der Waals surface area contributed by atoms with E-state index in [-0.39, 0.29) is 12.0 Å². The minimum atomic E-state index is -1.00. The Balaban J connectivity index is 2.36. The third kappa shape index (κ3) is 2.33. The average Bonchev–Trinajstić information content (AvgIpc) is 2.77. The molecule has 0 amide bonds. The van der Waals surface area contributed by atoms with E-state index >= 15 is 0 Å². The van der Waals surface area contributed by atoms with Gasteiger partial charge in [0, 0.05) is 22.9 Å². The number of rotatable bonds is 3. The van der Waals surface area contributed by atoms with E-state index in [0.717, 1.165) is 5.56 Å². The number of aryl methyl sites for hydroxylation is 1. The van der Waals surface area contributed by atoms with Gasteiger partial charge in [0.25, 0.3) is 5.56 Å². The molecule has 0 aliphatic carbocycles. The summed E-state index contributed by atoms with van der Waals surface area (Å²) in [6.07, 6.45) is -0.261. The van der Waals surface area contributed by atoms with Gasteiger partial charge in [-0.3, -0.25) is 9.59 Å². The van der Waals surface area contributed by atoms with Crippen LogP contribution in [0, 0.1) is 6.92 Å². The number of fused-ring (bicyclic) bond motifs is 1. The summed E-state index contributed by atoms with van der Waals surface area (Å²) in [4.78, 5) is 25.9. The molecule has 106 valence electrons. The lowest BCUT2D eigenvalue weighted by atomic mass is 10.0. The highest BCUT2D eigenvalue weighted by atomic mass is 16.4. The number of hydrogen-bond donors (Lipinski definition) is 2. The zero-order valence-corrected chi connectivity index (χ0v) is 11.3. The third-order valence-electron chi connectivity index (χ3n) is 3.28. The molecule has 2 heterocycles. The van der Waals surface area contributed by atoms with Crippen LogP contribution in [-0.4, -0.2) is 16.1 Å². The van der Waals surface area contributed by atoms with Crippen molar-refractivity contribution in [1.82, 2.24) is 4.98 Å². The molecule has 2 aromatic heterocycles. The van der Waals surface area contributed by atoms with Gasteiger partial charge < -0.3 is 14.5 Å². The van der Waals surface area contributed by atoms with Crippen LogP contribution < -0.4 is 5.56 Å². The predicted molar refractivity (Wildman–Crippen MR) is 78.3 cm³/mol. The first-order valence-corrected chi connectivity index (χ1v) is 6.49. The van der Waals surface area contributed by atoms with Crippen LogP contribution in [0.15, 0.2) is 45.6 Å². The van der Waals surface area contributed by atoms with Gasteiger partial charge in [-0.15, -0.1) is 0 Å². The minimum absolute atomic E-state index is 0.261. The molecule has 0 saturated heterocycles. The molecule has 0 aliphatic heterocycles. The normalized spacial score (nSPS) is 10.9. The third-order valence-corrected chi connectivity index (χ3v) is 3.28. The van der Waals surface area contributed by atoms with Gasteiger partial charge in [-0.2, -0.15) is 0 Å². The second-order valence-electron chi connectivity index (χ2n) is 4.87. The van der Waals surface area contributed by atoms with E-state index in [4.69, 9.17) is 9.52 Å². The van der Waals surface area contributed by atoms with Crippen molar-refractivity contribution in [2.45, 2.75) is 13.3 Å². The Kier molecular flexibility index (Phi) is 3.10. The highest BCUT2D eigenvalue weighted by Crippen LogP contribution is 2.32. The number of aromatic amines is 1. The SMILES string of the molecule is Cc1cc2oc(-c3ccccc3)c(CC(=O)O)c2c(=O)[nH]1. The molecule has 3 aromatic rings. The highest BCUT2D eigenvalue weighted by Gasteiger charge is 2.20. The van der Waals surface area contributed by atoms with Crippen molar-refractivity contribution >= 4 is 16.9 Å².